The summed E-state index contributed by atoms with van der Waals surface area (Å²) in [4.78, 5) is 97.1. The first-order valence-electron chi connectivity index (χ1n) is 31.1. The van der Waals surface area contributed by atoms with Crippen molar-refractivity contribution in [2.75, 3.05) is 57.8 Å². The molecule has 2 aliphatic heterocycles. The topological polar surface area (TPSA) is 283 Å². The van der Waals surface area contributed by atoms with Gasteiger partial charge in [0.15, 0.2) is 39.6 Å². The Balaban J connectivity index is 1.17. The number of nitrogens with one attached hydrogen (secondary N) is 4. The zero-order valence-corrected chi connectivity index (χ0v) is 58.1. The Morgan fingerprint density at radius 1 is 0.620 bits per heavy atom. The van der Waals surface area contributed by atoms with Gasteiger partial charge in [-0.1, -0.05) is 98.4 Å². The van der Waals surface area contributed by atoms with Gasteiger partial charge in [0.2, 0.25) is 11.8 Å². The second-order valence-corrected chi connectivity index (χ2v) is 36.1. The summed E-state index contributed by atoms with van der Waals surface area (Å²) in [5.41, 5.74) is 8.27. The Hall–Kier alpha value is -8.14. The number of alkyl carbamates (subject to hydrolysis) is 1. The number of likely N-dealkylation sites (tertiary alicyclic amines) is 2. The van der Waals surface area contributed by atoms with E-state index in [1.54, 1.807) is 54.0 Å². The second-order valence-electron chi connectivity index (χ2n) is 26.5. The van der Waals surface area contributed by atoms with Crippen LogP contribution in [-0.2, 0) is 47.7 Å². The SMILES string of the molecule is C=CCOC(=O)NC(C(=O)NC(C)C(=O)Nc1ccc(COC(=O)Nc2cc(OCc3cccc(COc4cc(OC(N)=O)c(C(=O)N5CCCC5CO[Si](C)(C)C(C)(C)C)cc4OC)c3)c(OC)cc2C(=O)N2CCCC2CO[Si](C)(C)C(C)(C)C)cc1)C(C)C. The minimum atomic E-state index is -2.18. The van der Waals surface area contributed by atoms with E-state index in [4.69, 9.17) is 47.7 Å². The molecule has 502 valence electrons. The van der Waals surface area contributed by atoms with Crippen LogP contribution in [0.5, 0.6) is 28.7 Å². The molecule has 23 nitrogen and oxygen atoms in total. The lowest BCUT2D eigenvalue weighted by Crippen LogP contribution is -2.53. The summed E-state index contributed by atoms with van der Waals surface area (Å²) in [6, 6.07) is 17.6. The van der Waals surface area contributed by atoms with Crippen LogP contribution in [0, 0.1) is 5.92 Å². The molecule has 7 amide bonds. The Bertz CT molecular complexity index is 3270. The van der Waals surface area contributed by atoms with Crippen LogP contribution in [0.4, 0.5) is 25.8 Å². The molecule has 4 unspecified atom stereocenters. The fraction of sp³-hybridized carbons (Fsp3) is 0.507. The number of hydrogen-bond donors (Lipinski definition) is 5. The van der Waals surface area contributed by atoms with E-state index in [0.717, 1.165) is 25.7 Å². The Morgan fingerprint density at radius 2 is 1.14 bits per heavy atom. The van der Waals surface area contributed by atoms with Gasteiger partial charge in [0.25, 0.3) is 11.8 Å². The lowest BCUT2D eigenvalue weighted by molar-refractivity contribution is -0.128. The molecule has 0 saturated carbocycles. The monoisotopic (exact) mass is 1310 g/mol. The van der Waals surface area contributed by atoms with Crippen molar-refractivity contribution in [3.8, 4) is 28.7 Å². The summed E-state index contributed by atoms with van der Waals surface area (Å²) in [7, 11) is -1.39. The summed E-state index contributed by atoms with van der Waals surface area (Å²) in [6.07, 6.45) is 1.67. The van der Waals surface area contributed by atoms with Crippen LogP contribution in [0.15, 0.2) is 85.5 Å². The maximum Gasteiger partial charge on any atom is 0.411 e. The van der Waals surface area contributed by atoms with Gasteiger partial charge in [-0.3, -0.25) is 24.5 Å². The zero-order valence-electron chi connectivity index (χ0n) is 56.1. The normalized spacial score (nSPS) is 15.8. The maximum atomic E-state index is 14.8. The zero-order chi connectivity index (χ0) is 67.9. The van der Waals surface area contributed by atoms with E-state index in [9.17, 15) is 33.6 Å². The van der Waals surface area contributed by atoms with Gasteiger partial charge >= 0.3 is 18.3 Å². The first-order chi connectivity index (χ1) is 43.3. The summed E-state index contributed by atoms with van der Waals surface area (Å²) in [5, 5.41) is 10.6. The molecular weight excluding hydrogens is 1210 g/mol. The minimum absolute atomic E-state index is 0.00427. The predicted octanol–water partition coefficient (Wildman–Crippen LogP) is 11.7. The first kappa shape index (κ1) is 72.9. The fourth-order valence-corrected chi connectivity index (χ4v) is 11.8. The molecule has 2 heterocycles. The van der Waals surface area contributed by atoms with Crippen LogP contribution in [0.25, 0.3) is 0 Å². The first-order valence-corrected chi connectivity index (χ1v) is 36.9. The minimum Gasteiger partial charge on any atom is -0.493 e. The van der Waals surface area contributed by atoms with E-state index in [1.807, 2.05) is 24.3 Å². The maximum absolute atomic E-state index is 14.8. The van der Waals surface area contributed by atoms with E-state index in [2.05, 4.69) is 95.6 Å². The smallest absolute Gasteiger partial charge is 0.411 e. The predicted molar refractivity (Wildman–Crippen MR) is 356 cm³/mol. The molecule has 4 aromatic carbocycles. The van der Waals surface area contributed by atoms with Crippen LogP contribution in [0.2, 0.25) is 36.3 Å². The average molecular weight is 1310 g/mol. The lowest BCUT2D eigenvalue weighted by Gasteiger charge is -2.38. The van der Waals surface area contributed by atoms with Gasteiger partial charge in [-0.15, -0.1) is 0 Å². The molecule has 0 radical (unpaired) electrons. The number of benzene rings is 4. The number of amides is 7. The second kappa shape index (κ2) is 31.9. The fourth-order valence-electron chi connectivity index (χ4n) is 9.76. The highest BCUT2D eigenvalue weighted by Gasteiger charge is 2.42. The quantitative estimate of drug-likeness (QED) is 0.0261. The molecule has 0 spiro atoms. The van der Waals surface area contributed by atoms with Crippen molar-refractivity contribution in [3.05, 3.63) is 113 Å². The van der Waals surface area contributed by atoms with E-state index in [0.29, 0.717) is 48.7 Å². The van der Waals surface area contributed by atoms with E-state index >= 15 is 0 Å². The van der Waals surface area contributed by atoms with Crippen LogP contribution >= 0.6 is 0 Å². The molecule has 2 saturated heterocycles. The Morgan fingerprint density at radius 3 is 1.64 bits per heavy atom. The molecule has 92 heavy (non-hydrogen) atoms. The number of carbonyl (C=O) groups excluding carboxylic acids is 7. The Labute approximate surface area is 543 Å². The highest BCUT2D eigenvalue weighted by molar-refractivity contribution is 6.74. The molecule has 2 fully saturated rings. The lowest BCUT2D eigenvalue weighted by atomic mass is 10.0. The van der Waals surface area contributed by atoms with Gasteiger partial charge in [-0.05, 0) is 116 Å². The molecule has 4 atom stereocenters. The van der Waals surface area contributed by atoms with Gasteiger partial charge in [-0.2, -0.15) is 0 Å². The van der Waals surface area contributed by atoms with Crippen molar-refractivity contribution < 1.29 is 75.6 Å². The van der Waals surface area contributed by atoms with Crippen molar-refractivity contribution in [1.29, 1.82) is 0 Å². The van der Waals surface area contributed by atoms with Crippen molar-refractivity contribution >= 4 is 69.9 Å². The number of nitrogens with zero attached hydrogens (tertiary/aromatic N) is 2. The summed E-state index contributed by atoms with van der Waals surface area (Å²) in [5.74, 6) is -1.34. The molecule has 0 aromatic heterocycles. The van der Waals surface area contributed by atoms with Crippen molar-refractivity contribution in [1.82, 2.24) is 20.4 Å². The number of hydrogen-bond acceptors (Lipinski definition) is 16. The highest BCUT2D eigenvalue weighted by atomic mass is 28.4. The van der Waals surface area contributed by atoms with Crippen LogP contribution in [0.1, 0.15) is 125 Å². The third-order valence-corrected chi connectivity index (χ3v) is 26.3. The number of anilines is 2. The number of ether oxygens (including phenoxy) is 7. The number of methoxy groups -OCH3 is 2. The molecule has 0 bridgehead atoms. The van der Waals surface area contributed by atoms with Gasteiger partial charge in [0.05, 0.1) is 56.3 Å². The van der Waals surface area contributed by atoms with Crippen molar-refractivity contribution in [3.63, 3.8) is 0 Å². The molecule has 2 aliphatic rings. The number of rotatable bonds is 28. The van der Waals surface area contributed by atoms with Gasteiger partial charge in [0, 0.05) is 37.0 Å². The third kappa shape index (κ3) is 19.7. The average Bonchev–Trinajstić information content (AvgIpc) is 1.39. The van der Waals surface area contributed by atoms with E-state index < -0.39 is 58.8 Å². The van der Waals surface area contributed by atoms with E-state index in [-0.39, 0.29) is 112 Å². The van der Waals surface area contributed by atoms with Crippen LogP contribution in [0.3, 0.4) is 0 Å². The number of primary amides is 1. The molecule has 6 rings (SSSR count). The van der Waals surface area contributed by atoms with Crippen molar-refractivity contribution in [2.24, 2.45) is 11.7 Å². The van der Waals surface area contributed by atoms with Crippen LogP contribution < -0.4 is 50.7 Å². The summed E-state index contributed by atoms with van der Waals surface area (Å²) in [6.45, 7) is 31.7. The molecule has 4 aromatic rings. The van der Waals surface area contributed by atoms with Crippen molar-refractivity contribution in [2.45, 2.75) is 168 Å². The summed E-state index contributed by atoms with van der Waals surface area (Å²) >= 11 is 0. The van der Waals surface area contributed by atoms with Gasteiger partial charge in [-0.25, -0.2) is 14.4 Å². The number of nitrogens with two attached hydrogens (primary N) is 1. The largest absolute Gasteiger partial charge is 0.493 e. The van der Waals surface area contributed by atoms with Crippen LogP contribution in [-0.4, -0.2) is 140 Å². The Kier molecular flexibility index (Phi) is 25.3. The third-order valence-electron chi connectivity index (χ3n) is 17.3. The van der Waals surface area contributed by atoms with Gasteiger partial charge in [0.1, 0.15) is 44.3 Å². The van der Waals surface area contributed by atoms with Gasteiger partial charge < -0.3 is 73.5 Å². The molecule has 6 N–H and O–H groups in total. The summed E-state index contributed by atoms with van der Waals surface area (Å²) < 4.78 is 53.5. The molecule has 0 aliphatic carbocycles. The molecule has 25 heteroatoms. The molecular formula is C67H95N7O16Si2. The highest BCUT2D eigenvalue weighted by Crippen LogP contribution is 2.42. The number of carbonyl (C=O) groups is 7. The standard InChI is InChI=1S/C67H95N7O16Si2/c1-17-31-84-65(81)72-58(42(2)3)60(76)69-43(4)59(75)70-47-27-25-44(26-28-47)37-87-64(80)71-52-35-56(54(82-11)33-50(52)61(77)73-29-19-23-48(73)40-88-91(13,14)66(5,6)7)85-38-45-21-18-22-46(32-45)39-86-57-36-53(90-63(68)79)51(34-55(57)83-12)62(78)74-30-20-24-49(74)41-89-92(15,16)67(8,9)10/h17-18,21-22,25-28,32-36,42-43,48-49,58H,1,19-20,23-24,29-31,37-41H2,2-16H3,(H2,68,79)(H,69,76)(H,70,75)(H,71,80)(H,72,81). The van der Waals surface area contributed by atoms with E-state index in [1.165, 1.54) is 45.4 Å².